The van der Waals surface area contributed by atoms with E-state index in [0.29, 0.717) is 0 Å². The normalized spacial score (nSPS) is 16.7. The molecule has 1 aliphatic rings. The van der Waals surface area contributed by atoms with E-state index in [9.17, 15) is 18.0 Å². The first-order valence-corrected chi connectivity index (χ1v) is 8.04. The van der Waals surface area contributed by atoms with E-state index in [2.05, 4.69) is 0 Å². The van der Waals surface area contributed by atoms with Gasteiger partial charge in [-0.3, -0.25) is 9.59 Å². The molecule has 0 aliphatic heterocycles. The van der Waals surface area contributed by atoms with Crippen molar-refractivity contribution in [2.24, 2.45) is 0 Å². The molecular formula is C11H19NO5S. The van der Waals surface area contributed by atoms with Crippen LogP contribution in [0.1, 0.15) is 32.1 Å². The average Bonchev–Trinajstić information content (AvgIpc) is 2.74. The fourth-order valence-corrected chi connectivity index (χ4v) is 2.74. The first-order chi connectivity index (χ1) is 8.29. The summed E-state index contributed by atoms with van der Waals surface area (Å²) in [5.41, 5.74) is 0. The predicted molar refractivity (Wildman–Crippen MR) is 65.9 cm³/mol. The van der Waals surface area contributed by atoms with Crippen LogP contribution in [0.5, 0.6) is 0 Å². The first-order valence-electron chi connectivity index (χ1n) is 5.98. The van der Waals surface area contributed by atoms with Crippen LogP contribution >= 0.6 is 0 Å². The molecule has 0 spiro atoms. The summed E-state index contributed by atoms with van der Waals surface area (Å²) in [5, 5.41) is 8.81. The molecule has 7 heteroatoms. The van der Waals surface area contributed by atoms with Crippen molar-refractivity contribution in [1.82, 2.24) is 4.90 Å². The van der Waals surface area contributed by atoms with E-state index in [4.69, 9.17) is 5.11 Å². The summed E-state index contributed by atoms with van der Waals surface area (Å²) in [6.07, 6.45) is 4.51. The van der Waals surface area contributed by atoms with Crippen molar-refractivity contribution in [1.29, 1.82) is 0 Å². The summed E-state index contributed by atoms with van der Waals surface area (Å²) < 4.78 is 22.0. The Balaban J connectivity index is 2.63. The average molecular weight is 277 g/mol. The number of carbonyl (C=O) groups excluding carboxylic acids is 1. The Morgan fingerprint density at radius 3 is 2.28 bits per heavy atom. The summed E-state index contributed by atoms with van der Waals surface area (Å²) in [6, 6.07) is -0.0480. The van der Waals surface area contributed by atoms with Crippen LogP contribution in [0, 0.1) is 0 Å². The van der Waals surface area contributed by atoms with Gasteiger partial charge in [0.05, 0.1) is 5.75 Å². The van der Waals surface area contributed by atoms with E-state index in [1.54, 1.807) is 0 Å². The highest BCUT2D eigenvalue weighted by Gasteiger charge is 2.28. The number of sulfone groups is 1. The molecule has 0 bridgehead atoms. The third-order valence-electron chi connectivity index (χ3n) is 3.08. The number of hydrogen-bond donors (Lipinski definition) is 1. The number of nitrogens with zero attached hydrogens (tertiary/aromatic N) is 1. The maximum absolute atomic E-state index is 11.9. The monoisotopic (exact) mass is 277 g/mol. The summed E-state index contributed by atoms with van der Waals surface area (Å²) in [6.45, 7) is -0.340. The highest BCUT2D eigenvalue weighted by Crippen LogP contribution is 2.23. The van der Waals surface area contributed by atoms with Crippen LogP contribution in [0.2, 0.25) is 0 Å². The molecule has 0 radical (unpaired) electrons. The van der Waals surface area contributed by atoms with E-state index < -0.39 is 15.8 Å². The Bertz CT molecular complexity index is 411. The largest absolute Gasteiger partial charge is 0.480 e. The molecule has 0 aromatic heterocycles. The molecule has 1 aliphatic carbocycles. The maximum Gasteiger partial charge on any atom is 0.323 e. The standard InChI is InChI=1S/C11H19NO5S/c1-18(16,17)7-6-10(13)12(8-11(14)15)9-4-2-3-5-9/h9H,2-8H2,1H3,(H,14,15). The quantitative estimate of drug-likeness (QED) is 0.752. The first kappa shape index (κ1) is 14.9. The second kappa shape index (κ2) is 6.17. The molecule has 0 saturated heterocycles. The molecule has 1 amide bonds. The molecular weight excluding hydrogens is 258 g/mol. The van der Waals surface area contributed by atoms with Crippen LogP contribution < -0.4 is 0 Å². The van der Waals surface area contributed by atoms with Crippen molar-refractivity contribution in [2.75, 3.05) is 18.6 Å². The highest BCUT2D eigenvalue weighted by atomic mass is 32.2. The lowest BCUT2D eigenvalue weighted by atomic mass is 10.2. The summed E-state index contributed by atoms with van der Waals surface area (Å²) in [4.78, 5) is 24.0. The molecule has 6 nitrogen and oxygen atoms in total. The van der Waals surface area contributed by atoms with Crippen LogP contribution in [0.15, 0.2) is 0 Å². The Morgan fingerprint density at radius 2 is 1.83 bits per heavy atom. The molecule has 18 heavy (non-hydrogen) atoms. The van der Waals surface area contributed by atoms with Crippen molar-refractivity contribution < 1.29 is 23.1 Å². The lowest BCUT2D eigenvalue weighted by Crippen LogP contribution is -2.42. The third kappa shape index (κ3) is 5.03. The Hall–Kier alpha value is -1.11. The number of aliphatic carboxylic acids is 1. The predicted octanol–water partition coefficient (Wildman–Crippen LogP) is 0.277. The molecule has 0 unspecified atom stereocenters. The zero-order valence-corrected chi connectivity index (χ0v) is 11.3. The van der Waals surface area contributed by atoms with E-state index in [1.807, 2.05) is 0 Å². The van der Waals surface area contributed by atoms with E-state index in [-0.39, 0.29) is 30.7 Å². The number of carboxylic acid groups (broad SMARTS) is 1. The fourth-order valence-electron chi connectivity index (χ4n) is 2.20. The number of amides is 1. The van der Waals surface area contributed by atoms with Crippen molar-refractivity contribution >= 4 is 21.7 Å². The molecule has 1 fully saturated rings. The van der Waals surface area contributed by atoms with Gasteiger partial charge in [0.2, 0.25) is 5.91 Å². The van der Waals surface area contributed by atoms with E-state index >= 15 is 0 Å². The zero-order chi connectivity index (χ0) is 13.8. The molecule has 104 valence electrons. The van der Waals surface area contributed by atoms with Gasteiger partial charge in [0, 0.05) is 18.7 Å². The smallest absolute Gasteiger partial charge is 0.323 e. The van der Waals surface area contributed by atoms with Crippen molar-refractivity contribution in [2.45, 2.75) is 38.1 Å². The number of hydrogen-bond acceptors (Lipinski definition) is 4. The van der Waals surface area contributed by atoms with Gasteiger partial charge in [-0.1, -0.05) is 12.8 Å². The molecule has 1 saturated carbocycles. The van der Waals surface area contributed by atoms with Gasteiger partial charge in [-0.2, -0.15) is 0 Å². The van der Waals surface area contributed by atoms with E-state index in [1.165, 1.54) is 4.90 Å². The van der Waals surface area contributed by atoms with Crippen molar-refractivity contribution in [3.05, 3.63) is 0 Å². The molecule has 0 aromatic carbocycles. The summed E-state index contributed by atoms with van der Waals surface area (Å²) in [5.74, 6) is -1.67. The molecule has 0 heterocycles. The van der Waals surface area contributed by atoms with E-state index in [0.717, 1.165) is 31.9 Å². The van der Waals surface area contributed by atoms with Gasteiger partial charge in [0.1, 0.15) is 16.4 Å². The Kier molecular flexibility index (Phi) is 5.13. The Morgan fingerprint density at radius 1 is 1.28 bits per heavy atom. The van der Waals surface area contributed by atoms with Crippen molar-refractivity contribution in [3.8, 4) is 0 Å². The minimum absolute atomic E-state index is 0.0480. The molecule has 1 rings (SSSR count). The second-order valence-electron chi connectivity index (χ2n) is 4.73. The number of carbonyl (C=O) groups is 2. The molecule has 0 atom stereocenters. The highest BCUT2D eigenvalue weighted by molar-refractivity contribution is 7.90. The van der Waals surface area contributed by atoms with Gasteiger partial charge in [0.25, 0.3) is 0 Å². The molecule has 0 aromatic rings. The van der Waals surface area contributed by atoms with Crippen LogP contribution in [-0.2, 0) is 19.4 Å². The van der Waals surface area contributed by atoms with Gasteiger partial charge in [-0.05, 0) is 12.8 Å². The van der Waals surface area contributed by atoms with Crippen LogP contribution in [0.3, 0.4) is 0 Å². The number of carboxylic acids is 1. The topological polar surface area (TPSA) is 91.8 Å². The SMILES string of the molecule is CS(=O)(=O)CCC(=O)N(CC(=O)O)C1CCCC1. The zero-order valence-electron chi connectivity index (χ0n) is 10.5. The molecule has 1 N–H and O–H groups in total. The van der Waals surface area contributed by atoms with Gasteiger partial charge < -0.3 is 10.0 Å². The van der Waals surface area contributed by atoms with Crippen LogP contribution in [0.4, 0.5) is 0 Å². The second-order valence-corrected chi connectivity index (χ2v) is 6.99. The minimum atomic E-state index is -3.20. The van der Waals surface area contributed by atoms with Crippen molar-refractivity contribution in [3.63, 3.8) is 0 Å². The summed E-state index contributed by atoms with van der Waals surface area (Å²) in [7, 11) is -3.20. The van der Waals surface area contributed by atoms with Gasteiger partial charge in [-0.15, -0.1) is 0 Å². The third-order valence-corrected chi connectivity index (χ3v) is 4.02. The van der Waals surface area contributed by atoms with Gasteiger partial charge >= 0.3 is 5.97 Å². The van der Waals surface area contributed by atoms with Gasteiger partial charge in [0.15, 0.2) is 0 Å². The number of rotatable bonds is 6. The lowest BCUT2D eigenvalue weighted by Gasteiger charge is -2.27. The van der Waals surface area contributed by atoms with Crippen LogP contribution in [0.25, 0.3) is 0 Å². The lowest BCUT2D eigenvalue weighted by molar-refractivity contribution is -0.146. The van der Waals surface area contributed by atoms with Crippen LogP contribution in [-0.4, -0.2) is 54.9 Å². The summed E-state index contributed by atoms with van der Waals surface area (Å²) >= 11 is 0. The Labute approximate surface area is 107 Å². The van der Waals surface area contributed by atoms with Gasteiger partial charge in [-0.25, -0.2) is 8.42 Å². The fraction of sp³-hybridized carbons (Fsp3) is 0.818. The maximum atomic E-state index is 11.9. The minimum Gasteiger partial charge on any atom is -0.480 e.